The Morgan fingerprint density at radius 3 is 2.53 bits per heavy atom. The van der Waals surface area contributed by atoms with Crippen LogP contribution in [0.2, 0.25) is 0 Å². The van der Waals surface area contributed by atoms with E-state index in [2.05, 4.69) is 19.9 Å². The minimum Gasteiger partial charge on any atom is -0.299 e. The van der Waals surface area contributed by atoms with Crippen LogP contribution in [0.3, 0.4) is 0 Å². The van der Waals surface area contributed by atoms with Crippen molar-refractivity contribution < 1.29 is 9.59 Å². The molecule has 0 radical (unpaired) electrons. The standard InChI is InChI=1S/C15H22O2/c1-4-6-7-12(5-2)8-13-9-14(16)10-15(17)11(13)3/h8H,4-7,9-10H2,1-3H3/b12-8+. The van der Waals surface area contributed by atoms with E-state index in [4.69, 9.17) is 0 Å². The maximum atomic E-state index is 11.6. The highest BCUT2D eigenvalue weighted by atomic mass is 16.1. The Balaban J connectivity index is 2.89. The molecule has 0 N–H and O–H groups in total. The SMILES string of the molecule is CCCC/C(=C/C1=C(C)C(=O)CC(=O)C1)CC. The second-order valence-electron chi connectivity index (χ2n) is 4.73. The van der Waals surface area contributed by atoms with Gasteiger partial charge in [-0.3, -0.25) is 9.59 Å². The maximum absolute atomic E-state index is 11.6. The molecule has 0 atom stereocenters. The average molecular weight is 234 g/mol. The van der Waals surface area contributed by atoms with Crippen molar-refractivity contribution in [3.8, 4) is 0 Å². The molecule has 0 aromatic carbocycles. The first kappa shape index (κ1) is 13.9. The molecule has 1 aliphatic carbocycles. The normalized spacial score (nSPS) is 17.9. The van der Waals surface area contributed by atoms with Gasteiger partial charge in [-0.1, -0.05) is 31.9 Å². The van der Waals surface area contributed by atoms with E-state index in [1.807, 2.05) is 6.92 Å². The van der Waals surface area contributed by atoms with Crippen molar-refractivity contribution >= 4 is 11.6 Å². The number of hydrogen-bond donors (Lipinski definition) is 0. The van der Waals surface area contributed by atoms with Gasteiger partial charge in [-0.05, 0) is 37.3 Å². The first-order chi connectivity index (χ1) is 8.08. The van der Waals surface area contributed by atoms with E-state index >= 15 is 0 Å². The molecule has 0 saturated carbocycles. The maximum Gasteiger partial charge on any atom is 0.166 e. The average Bonchev–Trinajstić information content (AvgIpc) is 2.30. The van der Waals surface area contributed by atoms with E-state index in [1.54, 1.807) is 0 Å². The van der Waals surface area contributed by atoms with Crippen molar-refractivity contribution in [2.24, 2.45) is 0 Å². The molecule has 17 heavy (non-hydrogen) atoms. The molecule has 1 aliphatic rings. The van der Waals surface area contributed by atoms with Crippen LogP contribution in [0, 0.1) is 0 Å². The van der Waals surface area contributed by atoms with E-state index < -0.39 is 0 Å². The molecule has 0 amide bonds. The molecule has 0 saturated heterocycles. The van der Waals surface area contributed by atoms with Gasteiger partial charge in [-0.25, -0.2) is 0 Å². The number of Topliss-reactive ketones (excluding diaryl/α,β-unsaturated/α-hetero) is 2. The third-order valence-electron chi connectivity index (χ3n) is 3.33. The van der Waals surface area contributed by atoms with Crippen LogP contribution in [0.4, 0.5) is 0 Å². The first-order valence-corrected chi connectivity index (χ1v) is 6.52. The van der Waals surface area contributed by atoms with Crippen molar-refractivity contribution in [1.29, 1.82) is 0 Å². The fourth-order valence-electron chi connectivity index (χ4n) is 2.06. The number of carbonyl (C=O) groups is 2. The summed E-state index contributed by atoms with van der Waals surface area (Å²) in [6, 6.07) is 0. The Hall–Kier alpha value is -1.18. The summed E-state index contributed by atoms with van der Waals surface area (Å²) in [6.07, 6.45) is 7.04. The van der Waals surface area contributed by atoms with E-state index in [0.29, 0.717) is 6.42 Å². The zero-order chi connectivity index (χ0) is 12.8. The molecule has 0 bridgehead atoms. The third-order valence-corrected chi connectivity index (χ3v) is 3.33. The van der Waals surface area contributed by atoms with Crippen molar-refractivity contribution in [3.63, 3.8) is 0 Å². The van der Waals surface area contributed by atoms with Crippen molar-refractivity contribution in [2.45, 2.75) is 59.3 Å². The Morgan fingerprint density at radius 2 is 1.94 bits per heavy atom. The van der Waals surface area contributed by atoms with E-state index in [1.165, 1.54) is 18.4 Å². The zero-order valence-electron chi connectivity index (χ0n) is 11.1. The molecule has 94 valence electrons. The quantitative estimate of drug-likeness (QED) is 0.679. The lowest BCUT2D eigenvalue weighted by Gasteiger charge is -2.14. The highest BCUT2D eigenvalue weighted by Gasteiger charge is 2.21. The van der Waals surface area contributed by atoms with Gasteiger partial charge in [0.15, 0.2) is 5.78 Å². The van der Waals surface area contributed by atoms with Crippen LogP contribution >= 0.6 is 0 Å². The topological polar surface area (TPSA) is 34.1 Å². The van der Waals surface area contributed by atoms with E-state index in [0.717, 1.165) is 24.0 Å². The van der Waals surface area contributed by atoms with Crippen LogP contribution < -0.4 is 0 Å². The van der Waals surface area contributed by atoms with Crippen LogP contribution in [-0.2, 0) is 9.59 Å². The van der Waals surface area contributed by atoms with Gasteiger partial charge in [0.1, 0.15) is 5.78 Å². The fourth-order valence-corrected chi connectivity index (χ4v) is 2.06. The van der Waals surface area contributed by atoms with Gasteiger partial charge in [0.25, 0.3) is 0 Å². The Labute approximate surface area is 104 Å². The van der Waals surface area contributed by atoms with Crippen LogP contribution in [0.1, 0.15) is 59.3 Å². The van der Waals surface area contributed by atoms with Gasteiger partial charge in [-0.15, -0.1) is 0 Å². The predicted octanol–water partition coefficient (Wildman–Crippen LogP) is 3.76. The predicted molar refractivity (Wildman–Crippen MR) is 69.8 cm³/mol. The Morgan fingerprint density at radius 1 is 1.24 bits per heavy atom. The van der Waals surface area contributed by atoms with Crippen LogP contribution in [0.25, 0.3) is 0 Å². The molecule has 2 nitrogen and oxygen atoms in total. The number of carbonyl (C=O) groups excluding carboxylic acids is 2. The van der Waals surface area contributed by atoms with Crippen LogP contribution in [0.15, 0.2) is 22.8 Å². The first-order valence-electron chi connectivity index (χ1n) is 6.52. The molecule has 0 fully saturated rings. The fraction of sp³-hybridized carbons (Fsp3) is 0.600. The number of rotatable bonds is 5. The summed E-state index contributed by atoms with van der Waals surface area (Å²) in [5.74, 6) is 0.0521. The summed E-state index contributed by atoms with van der Waals surface area (Å²) < 4.78 is 0. The van der Waals surface area contributed by atoms with Gasteiger partial charge >= 0.3 is 0 Å². The number of ketones is 2. The highest BCUT2D eigenvalue weighted by Crippen LogP contribution is 2.24. The molecular formula is C15H22O2. The summed E-state index contributed by atoms with van der Waals surface area (Å²) in [5, 5.41) is 0. The molecule has 0 unspecified atom stereocenters. The summed E-state index contributed by atoms with van der Waals surface area (Å²) in [5.41, 5.74) is 3.08. The van der Waals surface area contributed by atoms with Gasteiger partial charge < -0.3 is 0 Å². The Kier molecular flexibility index (Phi) is 5.33. The van der Waals surface area contributed by atoms with Gasteiger partial charge in [0.05, 0.1) is 6.42 Å². The molecule has 0 heterocycles. The molecule has 0 aromatic heterocycles. The number of allylic oxidation sites excluding steroid dienone is 4. The lowest BCUT2D eigenvalue weighted by molar-refractivity contribution is -0.125. The number of hydrogen-bond acceptors (Lipinski definition) is 2. The second kappa shape index (κ2) is 6.53. The van der Waals surface area contributed by atoms with Crippen molar-refractivity contribution in [1.82, 2.24) is 0 Å². The van der Waals surface area contributed by atoms with Gasteiger partial charge in [0, 0.05) is 6.42 Å². The second-order valence-corrected chi connectivity index (χ2v) is 4.73. The minimum atomic E-state index is -0.00144. The van der Waals surface area contributed by atoms with Crippen LogP contribution in [0.5, 0.6) is 0 Å². The molecule has 0 spiro atoms. The molecule has 0 aromatic rings. The summed E-state index contributed by atoms with van der Waals surface area (Å²) in [6.45, 7) is 6.14. The summed E-state index contributed by atoms with van der Waals surface area (Å²) in [4.78, 5) is 23.0. The van der Waals surface area contributed by atoms with Crippen molar-refractivity contribution in [2.75, 3.05) is 0 Å². The molecule has 2 heteroatoms. The zero-order valence-corrected chi connectivity index (χ0v) is 11.1. The van der Waals surface area contributed by atoms with E-state index in [9.17, 15) is 9.59 Å². The molecule has 0 aliphatic heterocycles. The summed E-state index contributed by atoms with van der Waals surface area (Å²) in [7, 11) is 0. The van der Waals surface area contributed by atoms with E-state index in [-0.39, 0.29) is 18.0 Å². The van der Waals surface area contributed by atoms with Crippen LogP contribution in [-0.4, -0.2) is 11.6 Å². The van der Waals surface area contributed by atoms with Gasteiger partial charge in [0.2, 0.25) is 0 Å². The summed E-state index contributed by atoms with van der Waals surface area (Å²) >= 11 is 0. The highest BCUT2D eigenvalue weighted by molar-refractivity contribution is 6.11. The third kappa shape index (κ3) is 3.95. The molecule has 1 rings (SSSR count). The molecular weight excluding hydrogens is 212 g/mol. The lowest BCUT2D eigenvalue weighted by Crippen LogP contribution is -2.17. The lowest BCUT2D eigenvalue weighted by atomic mass is 9.88. The van der Waals surface area contributed by atoms with Crippen molar-refractivity contribution in [3.05, 3.63) is 22.8 Å². The smallest absolute Gasteiger partial charge is 0.166 e. The van der Waals surface area contributed by atoms with Gasteiger partial charge in [-0.2, -0.15) is 0 Å². The largest absolute Gasteiger partial charge is 0.299 e. The Bertz CT molecular complexity index is 372. The monoisotopic (exact) mass is 234 g/mol. The minimum absolute atomic E-state index is 0.00144. The number of unbranched alkanes of at least 4 members (excludes halogenated alkanes) is 1.